The molecule has 0 saturated carbocycles. The Morgan fingerprint density at radius 3 is 2.62 bits per heavy atom. The number of carbonyl (C=O) groups is 2. The van der Waals surface area contributed by atoms with Crippen molar-refractivity contribution in [3.8, 4) is 0 Å². The van der Waals surface area contributed by atoms with Crippen LogP contribution >= 0.6 is 0 Å². The molecule has 0 aromatic rings. The van der Waals surface area contributed by atoms with Crippen molar-refractivity contribution < 1.29 is 14.7 Å². The second-order valence-electron chi connectivity index (χ2n) is 6.51. The second-order valence-corrected chi connectivity index (χ2v) is 6.51. The molecule has 4 unspecified atom stereocenters. The summed E-state index contributed by atoms with van der Waals surface area (Å²) in [7, 11) is 0. The van der Waals surface area contributed by atoms with Gasteiger partial charge < -0.3 is 15.3 Å². The quantitative estimate of drug-likeness (QED) is 0.825. The summed E-state index contributed by atoms with van der Waals surface area (Å²) in [6, 6.07) is 0.138. The Labute approximate surface area is 126 Å². The molecular formula is C15H27N3O3. The van der Waals surface area contributed by atoms with E-state index in [4.69, 9.17) is 5.11 Å². The normalized spacial score (nSPS) is 29.4. The number of amides is 2. The molecule has 21 heavy (non-hydrogen) atoms. The fraction of sp³-hybridized carbons (Fsp3) is 0.867. The third-order valence-electron chi connectivity index (χ3n) is 4.94. The van der Waals surface area contributed by atoms with Crippen molar-refractivity contribution in [1.82, 2.24) is 15.1 Å². The first-order valence-electron chi connectivity index (χ1n) is 7.94. The first-order valence-corrected chi connectivity index (χ1v) is 7.94. The number of piperidine rings is 1. The summed E-state index contributed by atoms with van der Waals surface area (Å²) >= 11 is 0. The predicted molar refractivity (Wildman–Crippen MR) is 80.2 cm³/mol. The molecule has 6 nitrogen and oxygen atoms in total. The highest BCUT2D eigenvalue weighted by Crippen LogP contribution is 2.24. The number of nitrogens with zero attached hydrogens (tertiary/aromatic N) is 2. The van der Waals surface area contributed by atoms with Crippen molar-refractivity contribution in [3.63, 3.8) is 0 Å². The average molecular weight is 297 g/mol. The van der Waals surface area contributed by atoms with Gasteiger partial charge in [-0.15, -0.1) is 0 Å². The molecule has 0 spiro atoms. The fourth-order valence-corrected chi connectivity index (χ4v) is 3.25. The van der Waals surface area contributed by atoms with E-state index in [9.17, 15) is 9.59 Å². The third kappa shape index (κ3) is 3.67. The average Bonchev–Trinajstić information content (AvgIpc) is 2.45. The van der Waals surface area contributed by atoms with Crippen LogP contribution < -0.4 is 5.32 Å². The first-order chi connectivity index (χ1) is 9.90. The highest BCUT2D eigenvalue weighted by atomic mass is 16.4. The van der Waals surface area contributed by atoms with Gasteiger partial charge in [-0.05, 0) is 40.2 Å². The Morgan fingerprint density at radius 1 is 1.24 bits per heavy atom. The smallest absolute Gasteiger partial charge is 0.317 e. The van der Waals surface area contributed by atoms with Gasteiger partial charge in [-0.3, -0.25) is 9.69 Å². The summed E-state index contributed by atoms with van der Waals surface area (Å²) in [6.45, 7) is 8.24. The molecule has 2 aliphatic heterocycles. The minimum absolute atomic E-state index is 0.131. The van der Waals surface area contributed by atoms with Crippen LogP contribution in [0.1, 0.15) is 40.0 Å². The topological polar surface area (TPSA) is 72.9 Å². The first kappa shape index (κ1) is 16.1. The Kier molecular flexibility index (Phi) is 5.08. The molecule has 120 valence electrons. The monoisotopic (exact) mass is 297 g/mol. The van der Waals surface area contributed by atoms with Gasteiger partial charge in [0.1, 0.15) is 0 Å². The summed E-state index contributed by atoms with van der Waals surface area (Å²) in [6.07, 6.45) is 3.64. The lowest BCUT2D eigenvalue weighted by molar-refractivity contribution is -0.141. The van der Waals surface area contributed by atoms with Crippen molar-refractivity contribution in [2.45, 2.75) is 58.2 Å². The summed E-state index contributed by atoms with van der Waals surface area (Å²) in [5.41, 5.74) is 0. The lowest BCUT2D eigenvalue weighted by Gasteiger charge is -2.47. The van der Waals surface area contributed by atoms with Crippen LogP contribution in [0.25, 0.3) is 0 Å². The largest absolute Gasteiger partial charge is 0.481 e. The van der Waals surface area contributed by atoms with Gasteiger partial charge in [-0.2, -0.15) is 0 Å². The van der Waals surface area contributed by atoms with Crippen molar-refractivity contribution in [2.75, 3.05) is 19.6 Å². The molecule has 4 atom stereocenters. The molecule has 2 aliphatic rings. The van der Waals surface area contributed by atoms with Crippen LogP contribution in [0.15, 0.2) is 0 Å². The number of carboxylic acid groups (broad SMARTS) is 1. The standard InChI is InChI=1S/C15H27N3O3/c1-10-8-17-7-5-4-6-13(17)9-18(10)15(21)16-12(3)11(2)14(19)20/h10-13H,4-9H2,1-3H3,(H,16,21)(H,19,20). The maximum Gasteiger partial charge on any atom is 0.317 e. The third-order valence-corrected chi connectivity index (χ3v) is 4.94. The van der Waals surface area contributed by atoms with Gasteiger partial charge in [-0.1, -0.05) is 6.42 Å². The highest BCUT2D eigenvalue weighted by molar-refractivity contribution is 5.77. The van der Waals surface area contributed by atoms with Crippen molar-refractivity contribution in [1.29, 1.82) is 0 Å². The SMILES string of the molecule is CC(NC(=O)N1CC2CCCCN2CC1C)C(C)C(=O)O. The van der Waals surface area contributed by atoms with Crippen LogP contribution in [0, 0.1) is 5.92 Å². The molecule has 2 fully saturated rings. The number of hydrogen-bond acceptors (Lipinski definition) is 3. The van der Waals surface area contributed by atoms with Crippen LogP contribution in [-0.4, -0.2) is 64.7 Å². The number of hydrogen-bond donors (Lipinski definition) is 2. The van der Waals surface area contributed by atoms with Crippen LogP contribution in [0.2, 0.25) is 0 Å². The number of aliphatic carboxylic acids is 1. The molecule has 0 aromatic carbocycles. The molecule has 2 amide bonds. The van der Waals surface area contributed by atoms with Crippen LogP contribution in [-0.2, 0) is 4.79 Å². The van der Waals surface area contributed by atoms with E-state index in [0.29, 0.717) is 6.04 Å². The number of piperazine rings is 1. The highest BCUT2D eigenvalue weighted by Gasteiger charge is 2.36. The number of fused-ring (bicyclic) bond motifs is 1. The molecule has 2 rings (SSSR count). The van der Waals surface area contributed by atoms with Gasteiger partial charge in [0.25, 0.3) is 0 Å². The van der Waals surface area contributed by atoms with E-state index in [1.807, 2.05) is 4.90 Å². The van der Waals surface area contributed by atoms with Crippen molar-refractivity contribution in [3.05, 3.63) is 0 Å². The predicted octanol–water partition coefficient (Wildman–Crippen LogP) is 1.36. The molecule has 0 aromatic heterocycles. The van der Waals surface area contributed by atoms with E-state index in [1.54, 1.807) is 13.8 Å². The van der Waals surface area contributed by atoms with E-state index in [0.717, 1.165) is 26.1 Å². The van der Waals surface area contributed by atoms with Gasteiger partial charge in [0.05, 0.1) is 5.92 Å². The Morgan fingerprint density at radius 2 is 1.95 bits per heavy atom. The Bertz CT molecular complexity index is 402. The van der Waals surface area contributed by atoms with Crippen LogP contribution in [0.3, 0.4) is 0 Å². The second kappa shape index (κ2) is 6.64. The van der Waals surface area contributed by atoms with Gasteiger partial charge >= 0.3 is 12.0 Å². The zero-order valence-corrected chi connectivity index (χ0v) is 13.2. The maximum atomic E-state index is 12.4. The van der Waals surface area contributed by atoms with E-state index in [1.165, 1.54) is 12.8 Å². The summed E-state index contributed by atoms with van der Waals surface area (Å²) in [5, 5.41) is 11.9. The Hall–Kier alpha value is -1.30. The number of carboxylic acids is 1. The molecule has 0 bridgehead atoms. The molecular weight excluding hydrogens is 270 g/mol. The molecule has 2 N–H and O–H groups in total. The van der Waals surface area contributed by atoms with E-state index in [2.05, 4.69) is 17.1 Å². The molecule has 0 radical (unpaired) electrons. The zero-order chi connectivity index (χ0) is 15.6. The summed E-state index contributed by atoms with van der Waals surface area (Å²) in [4.78, 5) is 27.8. The minimum Gasteiger partial charge on any atom is -0.481 e. The molecule has 6 heteroatoms. The van der Waals surface area contributed by atoms with Crippen molar-refractivity contribution in [2.24, 2.45) is 5.92 Å². The van der Waals surface area contributed by atoms with Crippen molar-refractivity contribution >= 4 is 12.0 Å². The number of rotatable bonds is 3. The molecule has 2 saturated heterocycles. The molecule has 0 aliphatic carbocycles. The summed E-state index contributed by atoms with van der Waals surface area (Å²) in [5.74, 6) is -1.46. The lowest BCUT2D eigenvalue weighted by Crippen LogP contribution is -2.62. The number of urea groups is 1. The van der Waals surface area contributed by atoms with E-state index in [-0.39, 0.29) is 18.1 Å². The summed E-state index contributed by atoms with van der Waals surface area (Å²) < 4.78 is 0. The van der Waals surface area contributed by atoms with Gasteiger partial charge in [0.15, 0.2) is 0 Å². The van der Waals surface area contributed by atoms with E-state index >= 15 is 0 Å². The number of carbonyl (C=O) groups excluding carboxylic acids is 1. The van der Waals surface area contributed by atoms with Crippen LogP contribution in [0.5, 0.6) is 0 Å². The minimum atomic E-state index is -0.882. The Balaban J connectivity index is 1.93. The van der Waals surface area contributed by atoms with Gasteiger partial charge in [0, 0.05) is 31.2 Å². The zero-order valence-electron chi connectivity index (χ0n) is 13.2. The van der Waals surface area contributed by atoms with Gasteiger partial charge in [0.2, 0.25) is 0 Å². The number of nitrogens with one attached hydrogen (secondary N) is 1. The molecule has 2 heterocycles. The maximum absolute atomic E-state index is 12.4. The van der Waals surface area contributed by atoms with E-state index < -0.39 is 11.9 Å². The fourth-order valence-electron chi connectivity index (χ4n) is 3.25. The van der Waals surface area contributed by atoms with Crippen LogP contribution in [0.4, 0.5) is 4.79 Å². The lowest BCUT2D eigenvalue weighted by atomic mass is 9.97. The van der Waals surface area contributed by atoms with Gasteiger partial charge in [-0.25, -0.2) is 4.79 Å².